The van der Waals surface area contributed by atoms with Gasteiger partial charge in [-0.2, -0.15) is 4.31 Å². The van der Waals surface area contributed by atoms with Crippen molar-refractivity contribution in [2.75, 3.05) is 19.4 Å². The van der Waals surface area contributed by atoms with E-state index in [1.165, 1.54) is 11.4 Å². The molecule has 1 fully saturated rings. The summed E-state index contributed by atoms with van der Waals surface area (Å²) in [5.74, 6) is 0.757. The van der Waals surface area contributed by atoms with E-state index < -0.39 is 10.0 Å². The molecule has 0 amide bonds. The molecule has 3 N–H and O–H groups in total. The number of hydrogen-bond acceptors (Lipinski definition) is 6. The molecule has 32 heavy (non-hydrogen) atoms. The quantitative estimate of drug-likeness (QED) is 0.565. The monoisotopic (exact) mass is 455 g/mol. The van der Waals surface area contributed by atoms with Gasteiger partial charge in [0.15, 0.2) is 0 Å². The van der Waals surface area contributed by atoms with Crippen molar-refractivity contribution in [2.45, 2.75) is 24.3 Å². The standard InChI is InChI=1S/C22H23N3O3S.CH2O2/c1-15-12-22(23)24-14-18(15)17-8-9-20(28-2)21(13-17)29(26,27)25-11-10-19(25)16-6-4-3-5-7-16;2-1-3/h3-9,12-14,19H,10-11H2,1-2H3,(H2,23,24);1H,(H,2,3). The molecule has 0 aliphatic carbocycles. The summed E-state index contributed by atoms with van der Waals surface area (Å²) in [6, 6.07) is 16.5. The van der Waals surface area contributed by atoms with Crippen LogP contribution in [0.25, 0.3) is 11.1 Å². The van der Waals surface area contributed by atoms with E-state index in [2.05, 4.69) is 4.98 Å². The first-order valence-corrected chi connectivity index (χ1v) is 11.3. The molecule has 9 heteroatoms. The van der Waals surface area contributed by atoms with Gasteiger partial charge in [-0.15, -0.1) is 0 Å². The molecule has 3 aromatic rings. The number of methoxy groups -OCH3 is 1. The molecule has 0 spiro atoms. The second-order valence-electron chi connectivity index (χ2n) is 7.23. The highest BCUT2D eigenvalue weighted by Crippen LogP contribution is 2.41. The zero-order valence-electron chi connectivity index (χ0n) is 17.8. The van der Waals surface area contributed by atoms with Crippen LogP contribution in [0.2, 0.25) is 0 Å². The van der Waals surface area contributed by atoms with E-state index in [9.17, 15) is 8.42 Å². The van der Waals surface area contributed by atoms with E-state index >= 15 is 0 Å². The van der Waals surface area contributed by atoms with Crippen LogP contribution in [0.4, 0.5) is 5.82 Å². The Morgan fingerprint density at radius 1 is 1.19 bits per heavy atom. The number of nitrogens with two attached hydrogens (primary N) is 1. The highest BCUT2D eigenvalue weighted by molar-refractivity contribution is 7.89. The van der Waals surface area contributed by atoms with Crippen molar-refractivity contribution in [3.05, 3.63) is 71.9 Å². The maximum absolute atomic E-state index is 13.5. The van der Waals surface area contributed by atoms with E-state index in [-0.39, 0.29) is 17.4 Å². The minimum Gasteiger partial charge on any atom is -0.495 e. The lowest BCUT2D eigenvalue weighted by Crippen LogP contribution is -2.45. The number of ether oxygens (including phenoxy) is 1. The number of hydrogen-bond donors (Lipinski definition) is 2. The summed E-state index contributed by atoms with van der Waals surface area (Å²) >= 11 is 0. The van der Waals surface area contributed by atoms with Crippen LogP contribution in [0.3, 0.4) is 0 Å². The number of nitrogens with zero attached hydrogens (tertiary/aromatic N) is 2. The average molecular weight is 456 g/mol. The van der Waals surface area contributed by atoms with Gasteiger partial charge in [-0.05, 0) is 48.2 Å². The van der Waals surface area contributed by atoms with Crippen molar-refractivity contribution in [1.82, 2.24) is 9.29 Å². The number of aryl methyl sites for hydroxylation is 1. The topological polar surface area (TPSA) is 123 Å². The lowest BCUT2D eigenvalue weighted by molar-refractivity contribution is -0.122. The Balaban J connectivity index is 0.000000913. The van der Waals surface area contributed by atoms with Gasteiger partial charge in [0.05, 0.1) is 13.2 Å². The van der Waals surface area contributed by atoms with E-state index in [1.54, 1.807) is 24.4 Å². The largest absolute Gasteiger partial charge is 0.495 e. The van der Waals surface area contributed by atoms with Gasteiger partial charge in [-0.1, -0.05) is 36.4 Å². The lowest BCUT2D eigenvalue weighted by Gasteiger charge is -2.40. The van der Waals surface area contributed by atoms with Crippen LogP contribution < -0.4 is 10.5 Å². The van der Waals surface area contributed by atoms with Crippen molar-refractivity contribution in [1.29, 1.82) is 0 Å². The molecule has 1 aromatic heterocycles. The summed E-state index contributed by atoms with van der Waals surface area (Å²) in [5.41, 5.74) is 9.27. The molecule has 0 radical (unpaired) electrons. The molecule has 1 unspecified atom stereocenters. The SMILES string of the molecule is COc1ccc(-c2cnc(N)cc2C)cc1S(=O)(=O)N1CCC1c1ccccc1.O=CO. The average Bonchev–Trinajstić information content (AvgIpc) is 2.73. The zero-order chi connectivity index (χ0) is 23.3. The Bertz CT molecular complexity index is 1200. The van der Waals surface area contributed by atoms with Gasteiger partial charge in [-0.3, -0.25) is 4.79 Å². The molecule has 1 aliphatic heterocycles. The molecule has 2 heterocycles. The van der Waals surface area contributed by atoms with Crippen LogP contribution in [0, 0.1) is 6.92 Å². The third kappa shape index (κ3) is 4.58. The maximum Gasteiger partial charge on any atom is 0.290 e. The van der Waals surface area contributed by atoms with Gasteiger partial charge in [0.25, 0.3) is 6.47 Å². The summed E-state index contributed by atoms with van der Waals surface area (Å²) in [6.45, 7) is 2.16. The van der Waals surface area contributed by atoms with Gasteiger partial charge in [0, 0.05) is 18.3 Å². The number of sulfonamides is 1. The van der Waals surface area contributed by atoms with Crippen LogP contribution >= 0.6 is 0 Å². The Kier molecular flexibility index (Phi) is 7.12. The van der Waals surface area contributed by atoms with Gasteiger partial charge in [-0.25, -0.2) is 13.4 Å². The first-order valence-electron chi connectivity index (χ1n) is 9.88. The summed E-state index contributed by atoms with van der Waals surface area (Å²) in [7, 11) is -2.25. The second-order valence-corrected chi connectivity index (χ2v) is 9.09. The summed E-state index contributed by atoms with van der Waals surface area (Å²) in [6.07, 6.45) is 2.46. The molecule has 1 aliphatic rings. The van der Waals surface area contributed by atoms with Gasteiger partial charge >= 0.3 is 0 Å². The molecule has 1 saturated heterocycles. The highest BCUT2D eigenvalue weighted by Gasteiger charge is 2.40. The minimum absolute atomic E-state index is 0.158. The highest BCUT2D eigenvalue weighted by atomic mass is 32.2. The molecular formula is C23H25N3O5S. The van der Waals surface area contributed by atoms with E-state index in [0.717, 1.165) is 28.7 Å². The minimum atomic E-state index is -3.73. The zero-order valence-corrected chi connectivity index (χ0v) is 18.6. The van der Waals surface area contributed by atoms with Gasteiger partial charge < -0.3 is 15.6 Å². The van der Waals surface area contributed by atoms with Crippen molar-refractivity contribution < 1.29 is 23.1 Å². The summed E-state index contributed by atoms with van der Waals surface area (Å²) in [4.78, 5) is 12.7. The van der Waals surface area contributed by atoms with Crippen molar-refractivity contribution in [2.24, 2.45) is 0 Å². The predicted octanol–water partition coefficient (Wildman–Crippen LogP) is 3.48. The number of carboxylic acid groups (broad SMARTS) is 1. The molecular weight excluding hydrogens is 430 g/mol. The number of nitrogen functional groups attached to an aromatic ring is 1. The normalized spacial score (nSPS) is 15.8. The number of aromatic nitrogens is 1. The maximum atomic E-state index is 13.5. The summed E-state index contributed by atoms with van der Waals surface area (Å²) in [5, 5.41) is 6.89. The van der Waals surface area contributed by atoms with Crippen LogP contribution in [0.1, 0.15) is 23.6 Å². The first kappa shape index (κ1) is 23.2. The molecule has 4 rings (SSSR count). The van der Waals surface area contributed by atoms with E-state index in [4.69, 9.17) is 20.4 Å². The summed E-state index contributed by atoms with van der Waals surface area (Å²) < 4.78 is 34.0. The fourth-order valence-corrected chi connectivity index (χ4v) is 5.55. The van der Waals surface area contributed by atoms with Crippen molar-refractivity contribution in [3.8, 4) is 16.9 Å². The van der Waals surface area contributed by atoms with Crippen molar-refractivity contribution >= 4 is 22.3 Å². The lowest BCUT2D eigenvalue weighted by atomic mass is 9.98. The number of benzene rings is 2. The molecule has 8 nitrogen and oxygen atoms in total. The number of carbonyl (C=O) groups is 1. The molecule has 0 saturated carbocycles. The third-order valence-corrected chi connectivity index (χ3v) is 7.28. The second kappa shape index (κ2) is 9.80. The van der Waals surface area contributed by atoms with Crippen LogP contribution in [-0.2, 0) is 14.8 Å². The first-order chi connectivity index (χ1) is 15.3. The predicted molar refractivity (Wildman–Crippen MR) is 122 cm³/mol. The van der Waals surface area contributed by atoms with Gasteiger partial charge in [0.2, 0.25) is 10.0 Å². The molecule has 1 atom stereocenters. The number of pyridine rings is 1. The fourth-order valence-electron chi connectivity index (χ4n) is 3.71. The Hall–Kier alpha value is -3.43. The Morgan fingerprint density at radius 3 is 2.44 bits per heavy atom. The van der Waals surface area contributed by atoms with Crippen LogP contribution in [-0.4, -0.2) is 42.9 Å². The molecule has 168 valence electrons. The number of rotatable bonds is 5. The van der Waals surface area contributed by atoms with Crippen LogP contribution in [0.15, 0.2) is 65.7 Å². The smallest absolute Gasteiger partial charge is 0.290 e. The van der Waals surface area contributed by atoms with Crippen LogP contribution in [0.5, 0.6) is 5.75 Å². The Morgan fingerprint density at radius 2 is 1.88 bits per heavy atom. The fraction of sp³-hybridized carbons (Fsp3) is 0.217. The van der Waals surface area contributed by atoms with E-state index in [0.29, 0.717) is 18.1 Å². The molecule has 2 aromatic carbocycles. The van der Waals surface area contributed by atoms with E-state index in [1.807, 2.05) is 43.3 Å². The Labute approximate surface area is 187 Å². The van der Waals surface area contributed by atoms with Crippen molar-refractivity contribution in [3.63, 3.8) is 0 Å². The number of anilines is 1. The third-order valence-electron chi connectivity index (χ3n) is 5.35. The van der Waals surface area contributed by atoms with Gasteiger partial charge in [0.1, 0.15) is 16.5 Å². The molecule has 0 bridgehead atoms.